The van der Waals surface area contributed by atoms with Crippen LogP contribution in [0.3, 0.4) is 0 Å². The fraction of sp³-hybridized carbons (Fsp3) is 0.304. The molecule has 3 N–H and O–H groups in total. The molecule has 0 saturated heterocycles. The Morgan fingerprint density at radius 3 is 2.33 bits per heavy atom. The Labute approximate surface area is 195 Å². The minimum Gasteiger partial charge on any atom is -0.386 e. The van der Waals surface area contributed by atoms with Gasteiger partial charge in [0.05, 0.1) is 16.9 Å². The Morgan fingerprint density at radius 1 is 1.06 bits per heavy atom. The van der Waals surface area contributed by atoms with Crippen molar-refractivity contribution >= 4 is 40.5 Å². The lowest BCUT2D eigenvalue weighted by Gasteiger charge is -2.17. The van der Waals surface area contributed by atoms with E-state index in [1.54, 1.807) is 44.6 Å². The molecule has 0 aliphatic heterocycles. The van der Waals surface area contributed by atoms with Crippen LogP contribution >= 0.6 is 0 Å². The van der Waals surface area contributed by atoms with Gasteiger partial charge in [-0.15, -0.1) is 0 Å². The molecule has 3 aromatic heterocycles. The molecule has 3 heterocycles. The van der Waals surface area contributed by atoms with Gasteiger partial charge in [-0.3, -0.25) is 4.79 Å². The smallest absolute Gasteiger partial charge is 0.335 e. The molecule has 172 valence electrons. The third kappa shape index (κ3) is 6.50. The maximum absolute atomic E-state index is 12.7. The summed E-state index contributed by atoms with van der Waals surface area (Å²) in [5.74, 6) is 2.05. The van der Waals surface area contributed by atoms with Crippen LogP contribution < -0.4 is 10.6 Å². The first-order chi connectivity index (χ1) is 15.7. The lowest BCUT2D eigenvalue weighted by Crippen LogP contribution is -2.15. The molecular formula is C23H25N5O4S. The van der Waals surface area contributed by atoms with Gasteiger partial charge >= 0.3 is 11.6 Å². The van der Waals surface area contributed by atoms with E-state index in [1.807, 2.05) is 25.1 Å². The summed E-state index contributed by atoms with van der Waals surface area (Å²) in [6.45, 7) is 5.39. The molecule has 0 aromatic carbocycles. The quantitative estimate of drug-likeness (QED) is 0.443. The number of rotatable bonds is 7. The second-order valence-electron chi connectivity index (χ2n) is 8.23. The minimum absolute atomic E-state index is 0.0898. The second-order valence-corrected chi connectivity index (χ2v) is 8.37. The van der Waals surface area contributed by atoms with Crippen LogP contribution in [0.4, 0.5) is 23.1 Å². The number of pyridine rings is 3. The predicted molar refractivity (Wildman–Crippen MR) is 125 cm³/mol. The fourth-order valence-corrected chi connectivity index (χ4v) is 3.09. The molecule has 0 spiro atoms. The van der Waals surface area contributed by atoms with Gasteiger partial charge in [-0.1, -0.05) is 12.1 Å². The number of Topliss-reactive ketones (excluding diaryl/α,β-unsaturated/α-hetero) is 1. The standard InChI is InChI=1S/C23H25N5O2.O2S/c1-14-5-4-10-24-22(14)27-18-11-20(26-13-17(18)21(29)15-6-7-15)28-19-9-8-16(12-25-19)23(2,3)30;1-3-2/h4-5,8-13,15,30H,6-7H2,1-3H3,(H2,24,25,26,27,28);. The summed E-state index contributed by atoms with van der Waals surface area (Å²) in [5, 5.41) is 16.5. The highest BCUT2D eigenvalue weighted by molar-refractivity contribution is 7.51. The fourth-order valence-electron chi connectivity index (χ4n) is 3.09. The van der Waals surface area contributed by atoms with E-state index in [9.17, 15) is 9.90 Å². The van der Waals surface area contributed by atoms with E-state index < -0.39 is 17.2 Å². The van der Waals surface area contributed by atoms with Crippen molar-refractivity contribution in [1.82, 2.24) is 15.0 Å². The van der Waals surface area contributed by atoms with Crippen molar-refractivity contribution in [2.45, 2.75) is 39.2 Å². The number of nitrogens with zero attached hydrogens (tertiary/aromatic N) is 3. The Morgan fingerprint density at radius 2 is 1.76 bits per heavy atom. The molecule has 0 atom stereocenters. The van der Waals surface area contributed by atoms with E-state index in [1.165, 1.54) is 0 Å². The molecule has 33 heavy (non-hydrogen) atoms. The molecule has 0 bridgehead atoms. The number of aromatic nitrogens is 3. The number of carbonyl (C=O) groups is 1. The SMILES string of the molecule is Cc1cccnc1Nc1cc(Nc2ccc(C(C)(C)O)cn2)ncc1C(=O)C1CC1.O=S=O. The number of anilines is 4. The van der Waals surface area contributed by atoms with Gasteiger partial charge in [0.2, 0.25) is 0 Å². The third-order valence-electron chi connectivity index (χ3n) is 5.11. The van der Waals surface area contributed by atoms with Crippen LogP contribution in [-0.4, -0.2) is 34.3 Å². The molecule has 1 saturated carbocycles. The van der Waals surface area contributed by atoms with E-state index in [-0.39, 0.29) is 11.7 Å². The minimum atomic E-state index is -0.952. The monoisotopic (exact) mass is 467 g/mol. The summed E-state index contributed by atoms with van der Waals surface area (Å²) in [7, 11) is 0. The molecule has 0 unspecified atom stereocenters. The summed E-state index contributed by atoms with van der Waals surface area (Å²) in [5.41, 5.74) is 1.99. The van der Waals surface area contributed by atoms with Gasteiger partial charge in [-0.2, -0.15) is 8.42 Å². The summed E-state index contributed by atoms with van der Waals surface area (Å²) in [4.78, 5) is 25.9. The van der Waals surface area contributed by atoms with Gasteiger partial charge in [0.15, 0.2) is 5.78 Å². The molecule has 0 amide bonds. The number of aryl methyl sites for hydroxylation is 1. The van der Waals surface area contributed by atoms with Crippen LogP contribution in [-0.2, 0) is 17.2 Å². The van der Waals surface area contributed by atoms with Crippen molar-refractivity contribution in [3.63, 3.8) is 0 Å². The maximum atomic E-state index is 12.7. The maximum Gasteiger partial charge on any atom is 0.335 e. The van der Waals surface area contributed by atoms with Gasteiger partial charge in [0.25, 0.3) is 0 Å². The van der Waals surface area contributed by atoms with Crippen molar-refractivity contribution in [3.05, 3.63) is 65.6 Å². The molecule has 1 aliphatic carbocycles. The van der Waals surface area contributed by atoms with E-state index >= 15 is 0 Å². The van der Waals surface area contributed by atoms with Gasteiger partial charge in [-0.05, 0) is 51.3 Å². The largest absolute Gasteiger partial charge is 0.386 e. The Bertz CT molecular complexity index is 1170. The molecule has 9 nitrogen and oxygen atoms in total. The predicted octanol–water partition coefficient (Wildman–Crippen LogP) is 3.82. The van der Waals surface area contributed by atoms with Crippen LogP contribution in [0.1, 0.15) is 48.2 Å². The van der Waals surface area contributed by atoms with Crippen LogP contribution in [0.15, 0.2) is 48.9 Å². The normalized spacial score (nSPS) is 12.8. The van der Waals surface area contributed by atoms with Gasteiger partial charge < -0.3 is 15.7 Å². The first-order valence-corrected chi connectivity index (χ1v) is 11.0. The van der Waals surface area contributed by atoms with Crippen molar-refractivity contribution in [1.29, 1.82) is 0 Å². The second kappa shape index (κ2) is 10.4. The first-order valence-electron chi connectivity index (χ1n) is 10.3. The molecule has 1 fully saturated rings. The zero-order valence-corrected chi connectivity index (χ0v) is 19.3. The molecular weight excluding hydrogens is 442 g/mol. The summed E-state index contributed by atoms with van der Waals surface area (Å²) in [6.07, 6.45) is 6.81. The lowest BCUT2D eigenvalue weighted by atomic mass is 10.0. The average molecular weight is 468 g/mol. The zero-order chi connectivity index (χ0) is 24.0. The van der Waals surface area contributed by atoms with Crippen LogP contribution in [0.2, 0.25) is 0 Å². The first kappa shape index (κ1) is 24.1. The van der Waals surface area contributed by atoms with E-state index in [0.29, 0.717) is 28.7 Å². The van der Waals surface area contributed by atoms with E-state index in [4.69, 9.17) is 8.42 Å². The van der Waals surface area contributed by atoms with Crippen molar-refractivity contribution in [3.8, 4) is 0 Å². The molecule has 1 aliphatic rings. The highest BCUT2D eigenvalue weighted by Crippen LogP contribution is 2.36. The van der Waals surface area contributed by atoms with Crippen molar-refractivity contribution < 1.29 is 18.3 Å². The third-order valence-corrected chi connectivity index (χ3v) is 5.11. The summed E-state index contributed by atoms with van der Waals surface area (Å²) < 4.78 is 16.6. The van der Waals surface area contributed by atoms with E-state index in [2.05, 4.69) is 25.6 Å². The van der Waals surface area contributed by atoms with Gasteiger partial charge in [0, 0.05) is 36.1 Å². The number of ketones is 1. The van der Waals surface area contributed by atoms with Crippen LogP contribution in [0.5, 0.6) is 0 Å². The zero-order valence-electron chi connectivity index (χ0n) is 18.5. The number of carbonyl (C=O) groups excluding carboxylic acids is 1. The summed E-state index contributed by atoms with van der Waals surface area (Å²) >= 11 is -0.750. The molecule has 4 rings (SSSR count). The number of nitrogens with one attached hydrogen (secondary N) is 2. The van der Waals surface area contributed by atoms with E-state index in [0.717, 1.165) is 24.0 Å². The van der Waals surface area contributed by atoms with Crippen LogP contribution in [0, 0.1) is 12.8 Å². The Kier molecular flexibility index (Phi) is 7.62. The lowest BCUT2D eigenvalue weighted by molar-refractivity contribution is 0.0782. The molecule has 0 radical (unpaired) electrons. The number of hydrogen-bond acceptors (Lipinski definition) is 9. The molecule has 3 aromatic rings. The Hall–Kier alpha value is -3.50. The number of aliphatic hydroxyl groups is 1. The van der Waals surface area contributed by atoms with Gasteiger partial charge in [0.1, 0.15) is 17.5 Å². The van der Waals surface area contributed by atoms with Crippen LogP contribution in [0.25, 0.3) is 0 Å². The highest BCUT2D eigenvalue weighted by atomic mass is 32.1. The van der Waals surface area contributed by atoms with Crippen molar-refractivity contribution in [2.24, 2.45) is 5.92 Å². The van der Waals surface area contributed by atoms with Gasteiger partial charge in [-0.25, -0.2) is 15.0 Å². The number of hydrogen-bond donors (Lipinski definition) is 3. The highest BCUT2D eigenvalue weighted by Gasteiger charge is 2.32. The van der Waals surface area contributed by atoms with Crippen molar-refractivity contribution in [2.75, 3.05) is 10.6 Å². The average Bonchev–Trinajstić information content (AvgIpc) is 3.61. The topological polar surface area (TPSA) is 134 Å². The summed E-state index contributed by atoms with van der Waals surface area (Å²) in [6, 6.07) is 9.24. The Balaban J connectivity index is 0.000000968. The molecule has 10 heteroatoms.